The van der Waals surface area contributed by atoms with Gasteiger partial charge in [-0.25, -0.2) is 9.97 Å². The Labute approximate surface area is 112 Å². The molecular formula is C13H19N5O. The molecular weight excluding hydrogens is 242 g/mol. The summed E-state index contributed by atoms with van der Waals surface area (Å²) in [5, 5.41) is 4.28. The second-order valence-electron chi connectivity index (χ2n) is 4.78. The molecule has 6 nitrogen and oxygen atoms in total. The summed E-state index contributed by atoms with van der Waals surface area (Å²) < 4.78 is 7.46. The molecule has 0 aliphatic rings. The fraction of sp³-hybridized carbons (Fsp3) is 0.462. The number of hydrogen-bond donors (Lipinski definition) is 1. The third-order valence-electron chi connectivity index (χ3n) is 2.88. The summed E-state index contributed by atoms with van der Waals surface area (Å²) in [5.74, 6) is 0.711. The summed E-state index contributed by atoms with van der Waals surface area (Å²) in [6.07, 6.45) is 4.24. The van der Waals surface area contributed by atoms with E-state index in [1.165, 1.54) is 0 Å². The van der Waals surface area contributed by atoms with Crippen molar-refractivity contribution in [3.05, 3.63) is 29.3 Å². The summed E-state index contributed by atoms with van der Waals surface area (Å²) in [7, 11) is 1.88. The fourth-order valence-corrected chi connectivity index (χ4v) is 1.87. The highest BCUT2D eigenvalue weighted by Crippen LogP contribution is 2.25. The van der Waals surface area contributed by atoms with E-state index >= 15 is 0 Å². The maximum Gasteiger partial charge on any atom is 0.322 e. The van der Waals surface area contributed by atoms with Crippen LogP contribution in [-0.2, 0) is 13.5 Å². The van der Waals surface area contributed by atoms with Gasteiger partial charge in [0.15, 0.2) is 5.75 Å². The van der Waals surface area contributed by atoms with Crippen LogP contribution in [-0.4, -0.2) is 25.8 Å². The predicted molar refractivity (Wildman–Crippen MR) is 72.1 cm³/mol. The third-order valence-corrected chi connectivity index (χ3v) is 2.88. The van der Waals surface area contributed by atoms with Crippen LogP contribution in [0.15, 0.2) is 12.4 Å². The van der Waals surface area contributed by atoms with Gasteiger partial charge in [0.1, 0.15) is 5.69 Å². The van der Waals surface area contributed by atoms with Crippen LogP contribution in [0.3, 0.4) is 0 Å². The van der Waals surface area contributed by atoms with E-state index in [1.807, 2.05) is 27.8 Å². The van der Waals surface area contributed by atoms with Crippen LogP contribution in [0.2, 0.25) is 0 Å². The second-order valence-corrected chi connectivity index (χ2v) is 4.78. The molecule has 2 aromatic rings. The molecule has 6 heteroatoms. The van der Waals surface area contributed by atoms with Crippen molar-refractivity contribution in [1.82, 2.24) is 19.7 Å². The number of aryl methyl sites for hydroxylation is 2. The van der Waals surface area contributed by atoms with Gasteiger partial charge in [-0.3, -0.25) is 4.68 Å². The van der Waals surface area contributed by atoms with Crippen molar-refractivity contribution in [2.45, 2.75) is 33.2 Å². The van der Waals surface area contributed by atoms with E-state index in [0.29, 0.717) is 11.8 Å². The SMILES string of the molecule is Cc1nn(C)c(C)c1Oc1ncc(CC(C)N)cn1. The summed E-state index contributed by atoms with van der Waals surface area (Å²) in [6.45, 7) is 5.79. The Morgan fingerprint density at radius 3 is 2.42 bits per heavy atom. The molecule has 0 fully saturated rings. The van der Waals surface area contributed by atoms with Gasteiger partial charge in [-0.05, 0) is 32.8 Å². The lowest BCUT2D eigenvalue weighted by atomic mass is 10.1. The molecule has 0 radical (unpaired) electrons. The highest BCUT2D eigenvalue weighted by atomic mass is 16.5. The Bertz CT molecular complexity index is 559. The minimum absolute atomic E-state index is 0.0955. The normalized spacial score (nSPS) is 12.5. The van der Waals surface area contributed by atoms with E-state index < -0.39 is 0 Å². The fourth-order valence-electron chi connectivity index (χ4n) is 1.87. The Kier molecular flexibility index (Phi) is 3.80. The van der Waals surface area contributed by atoms with Crippen molar-refractivity contribution >= 4 is 0 Å². The lowest BCUT2D eigenvalue weighted by molar-refractivity contribution is 0.434. The summed E-state index contributed by atoms with van der Waals surface area (Å²) in [4.78, 5) is 8.39. The number of ether oxygens (including phenoxy) is 1. The van der Waals surface area contributed by atoms with Crippen molar-refractivity contribution in [3.8, 4) is 11.8 Å². The summed E-state index contributed by atoms with van der Waals surface area (Å²) >= 11 is 0. The Morgan fingerprint density at radius 1 is 1.32 bits per heavy atom. The maximum atomic E-state index is 5.73. The van der Waals surface area contributed by atoms with Gasteiger partial charge in [0, 0.05) is 25.5 Å². The number of nitrogens with two attached hydrogens (primary N) is 1. The van der Waals surface area contributed by atoms with Gasteiger partial charge in [0.2, 0.25) is 0 Å². The number of rotatable bonds is 4. The first-order valence-electron chi connectivity index (χ1n) is 6.22. The van der Waals surface area contributed by atoms with E-state index in [1.54, 1.807) is 17.1 Å². The molecule has 0 saturated heterocycles. The molecule has 102 valence electrons. The molecule has 0 spiro atoms. The van der Waals surface area contributed by atoms with Gasteiger partial charge >= 0.3 is 6.01 Å². The molecule has 2 N–H and O–H groups in total. The zero-order chi connectivity index (χ0) is 14.0. The van der Waals surface area contributed by atoms with Gasteiger partial charge in [-0.15, -0.1) is 0 Å². The third kappa shape index (κ3) is 3.08. The Balaban J connectivity index is 2.15. The number of nitrogens with zero attached hydrogens (tertiary/aromatic N) is 4. The molecule has 0 saturated carbocycles. The highest BCUT2D eigenvalue weighted by molar-refractivity contribution is 5.34. The van der Waals surface area contributed by atoms with Gasteiger partial charge in [0.05, 0.1) is 5.69 Å². The zero-order valence-corrected chi connectivity index (χ0v) is 11.7. The van der Waals surface area contributed by atoms with Crippen LogP contribution in [0.1, 0.15) is 23.9 Å². The van der Waals surface area contributed by atoms with Crippen LogP contribution in [0.4, 0.5) is 0 Å². The Hall–Kier alpha value is -1.95. The summed E-state index contributed by atoms with van der Waals surface area (Å²) in [6, 6.07) is 0.422. The highest BCUT2D eigenvalue weighted by Gasteiger charge is 2.13. The van der Waals surface area contributed by atoms with Crippen LogP contribution >= 0.6 is 0 Å². The smallest absolute Gasteiger partial charge is 0.322 e. The quantitative estimate of drug-likeness (QED) is 0.902. The van der Waals surface area contributed by atoms with Crippen LogP contribution in [0, 0.1) is 13.8 Å². The first-order valence-corrected chi connectivity index (χ1v) is 6.22. The molecule has 2 rings (SSSR count). The van der Waals surface area contributed by atoms with Gasteiger partial charge in [-0.2, -0.15) is 5.10 Å². The molecule has 19 heavy (non-hydrogen) atoms. The van der Waals surface area contributed by atoms with Crippen molar-refractivity contribution in [3.63, 3.8) is 0 Å². The van der Waals surface area contributed by atoms with Crippen molar-refractivity contribution in [2.24, 2.45) is 12.8 Å². The zero-order valence-electron chi connectivity index (χ0n) is 11.7. The molecule has 2 aromatic heterocycles. The van der Waals surface area contributed by atoms with E-state index in [9.17, 15) is 0 Å². The van der Waals surface area contributed by atoms with Gasteiger partial charge in [0.25, 0.3) is 0 Å². The van der Waals surface area contributed by atoms with E-state index in [-0.39, 0.29) is 6.04 Å². The van der Waals surface area contributed by atoms with Crippen LogP contribution in [0.5, 0.6) is 11.8 Å². The average molecular weight is 261 g/mol. The molecule has 0 aromatic carbocycles. The van der Waals surface area contributed by atoms with Gasteiger partial charge < -0.3 is 10.5 Å². The minimum Gasteiger partial charge on any atom is -0.420 e. The molecule has 0 aliphatic carbocycles. The van der Waals surface area contributed by atoms with E-state index in [4.69, 9.17) is 10.5 Å². The van der Waals surface area contributed by atoms with Crippen molar-refractivity contribution in [1.29, 1.82) is 0 Å². The van der Waals surface area contributed by atoms with Crippen molar-refractivity contribution in [2.75, 3.05) is 0 Å². The molecule has 0 aliphatic heterocycles. The van der Waals surface area contributed by atoms with Gasteiger partial charge in [-0.1, -0.05) is 0 Å². The monoisotopic (exact) mass is 261 g/mol. The maximum absolute atomic E-state index is 5.73. The van der Waals surface area contributed by atoms with E-state index in [2.05, 4.69) is 15.1 Å². The van der Waals surface area contributed by atoms with Crippen molar-refractivity contribution < 1.29 is 4.74 Å². The topological polar surface area (TPSA) is 78.8 Å². The van der Waals surface area contributed by atoms with Crippen LogP contribution < -0.4 is 10.5 Å². The van der Waals surface area contributed by atoms with E-state index in [0.717, 1.165) is 23.4 Å². The standard InChI is InChI=1S/C13H19N5O/c1-8(14)5-11-6-15-13(16-7-11)19-12-9(2)17-18(4)10(12)3/h6-8H,5,14H2,1-4H3. The number of aromatic nitrogens is 4. The first-order chi connectivity index (χ1) is 8.97. The lowest BCUT2D eigenvalue weighted by Crippen LogP contribution is -2.17. The largest absolute Gasteiger partial charge is 0.420 e. The molecule has 1 atom stereocenters. The molecule has 1 unspecified atom stereocenters. The molecule has 0 amide bonds. The molecule has 0 bridgehead atoms. The predicted octanol–water partition coefficient (Wildman–Crippen LogP) is 1.51. The minimum atomic E-state index is 0.0955. The average Bonchev–Trinajstić information content (AvgIpc) is 2.58. The Morgan fingerprint density at radius 2 is 1.95 bits per heavy atom. The molecule has 2 heterocycles. The number of hydrogen-bond acceptors (Lipinski definition) is 5. The summed E-state index contributed by atoms with van der Waals surface area (Å²) in [5.41, 5.74) is 8.50. The first kappa shape index (κ1) is 13.5. The van der Waals surface area contributed by atoms with Crippen LogP contribution in [0.25, 0.3) is 0 Å². The second kappa shape index (κ2) is 5.36. The lowest BCUT2D eigenvalue weighted by Gasteiger charge is -2.06.